The Bertz CT molecular complexity index is 669. The molecule has 0 saturated carbocycles. The topological polar surface area (TPSA) is 126 Å². The van der Waals surface area contributed by atoms with E-state index in [1.165, 1.54) is 37.5 Å². The molecule has 0 atom stereocenters. The zero-order chi connectivity index (χ0) is 17.4. The average Bonchev–Trinajstić information content (AvgIpc) is 2.46. The van der Waals surface area contributed by atoms with Crippen LogP contribution in [0.15, 0.2) is 24.3 Å². The first-order chi connectivity index (χ1) is 10.8. The van der Waals surface area contributed by atoms with Crippen LogP contribution in [0.3, 0.4) is 0 Å². The van der Waals surface area contributed by atoms with Crippen LogP contribution in [-0.2, 0) is 51.9 Å². The van der Waals surface area contributed by atoms with Gasteiger partial charge in [0, 0.05) is 11.1 Å². The van der Waals surface area contributed by atoms with Crippen molar-refractivity contribution in [2.75, 3.05) is 0 Å². The summed E-state index contributed by atoms with van der Waals surface area (Å²) >= 11 is 0. The zero-order valence-corrected chi connectivity index (χ0v) is 15.6. The molecule has 0 aliphatic rings. The summed E-state index contributed by atoms with van der Waals surface area (Å²) in [4.78, 5) is 66.6. The Balaban J connectivity index is 0.00000529. The zero-order valence-electron chi connectivity index (χ0n) is 12.8. The third-order valence-electron chi connectivity index (χ3n) is 2.56. The molecule has 0 radical (unpaired) electrons. The number of amides is 4. The summed E-state index contributed by atoms with van der Waals surface area (Å²) in [5.41, 5.74) is 0.196. The number of rotatable bonds is 6. The number of imide groups is 2. The number of hydrogen-bond acceptors (Lipinski definition) is 6. The van der Waals surface area contributed by atoms with Crippen molar-refractivity contribution >= 4 is 35.7 Å². The first kappa shape index (κ1) is 21.9. The molecular weight excluding hydrogens is 393 g/mol. The van der Waals surface area contributed by atoms with Gasteiger partial charge in [-0.15, -0.1) is 0 Å². The van der Waals surface area contributed by atoms with E-state index in [1.807, 2.05) is 10.6 Å². The monoisotopic (exact) mass is 406 g/mol. The largest absolute Gasteiger partial charge is 3.00 e. The van der Waals surface area contributed by atoms with Crippen LogP contribution in [0.2, 0.25) is 0 Å². The molecule has 0 aliphatic heterocycles. The minimum atomic E-state index is -0.790. The van der Waals surface area contributed by atoms with Crippen molar-refractivity contribution in [3.8, 4) is 0 Å². The molecule has 8 nitrogen and oxygen atoms in total. The maximum absolute atomic E-state index is 11.7. The molecule has 0 unspecified atom stereocenters. The quantitative estimate of drug-likeness (QED) is 0.493. The molecule has 0 saturated heterocycles. The van der Waals surface area contributed by atoms with Gasteiger partial charge < -0.3 is 4.79 Å². The molecule has 120 valence electrons. The van der Waals surface area contributed by atoms with Gasteiger partial charge in [0.05, 0.1) is 6.42 Å². The predicted octanol–water partition coefficient (Wildman–Crippen LogP) is -0.324. The van der Waals surface area contributed by atoms with Crippen molar-refractivity contribution < 1.29 is 61.5 Å². The Morgan fingerprint density at radius 2 is 1.29 bits per heavy atom. The standard InChI is InChI=1S/C15H13N2O6.Y/c1-9(19)8-13(21)17-15(23)11-4-2-10(3-5-11)14(22)16-12(20)6-7-18;/h2-5H,6,8H2,1H3,(H,16,20,22)(H,17,21,23);/q-1;+3. The van der Waals surface area contributed by atoms with E-state index in [2.05, 4.69) is 0 Å². The molecule has 0 heterocycles. The van der Waals surface area contributed by atoms with Gasteiger partial charge in [0.1, 0.15) is 5.78 Å². The maximum atomic E-state index is 11.7. The molecule has 9 heteroatoms. The second kappa shape index (κ2) is 10.7. The Hall–Kier alpha value is -2.06. The number of Topliss-reactive ketones (excluding diaryl/α,β-unsaturated/α-hetero) is 1. The molecule has 2 N–H and O–H groups in total. The van der Waals surface area contributed by atoms with E-state index < -0.39 is 36.5 Å². The van der Waals surface area contributed by atoms with Gasteiger partial charge in [-0.25, -0.2) is 0 Å². The molecule has 1 rings (SSSR count). The smallest absolute Gasteiger partial charge is 0.541 e. The van der Waals surface area contributed by atoms with Crippen LogP contribution in [0, 0.1) is 0 Å². The molecule has 0 spiro atoms. The summed E-state index contributed by atoms with van der Waals surface area (Å²) in [6.45, 7) is 1.22. The molecule has 0 aliphatic carbocycles. The molecule has 24 heavy (non-hydrogen) atoms. The van der Waals surface area contributed by atoms with Gasteiger partial charge >= 0.3 is 32.7 Å². The molecular formula is C15H13N2O6Y+2. The number of ketones is 1. The number of carbonyl (C=O) groups excluding carboxylic acids is 6. The second-order valence-corrected chi connectivity index (χ2v) is 4.53. The second-order valence-electron chi connectivity index (χ2n) is 4.53. The van der Waals surface area contributed by atoms with Crippen LogP contribution in [-0.4, -0.2) is 35.7 Å². The van der Waals surface area contributed by atoms with E-state index in [-0.39, 0.29) is 49.6 Å². The van der Waals surface area contributed by atoms with Gasteiger partial charge in [0.15, 0.2) is 5.91 Å². The van der Waals surface area contributed by atoms with E-state index in [0.29, 0.717) is 0 Å². The van der Waals surface area contributed by atoms with Crippen molar-refractivity contribution in [3.63, 3.8) is 0 Å². The first-order valence-electron chi connectivity index (χ1n) is 6.46. The summed E-state index contributed by atoms with van der Waals surface area (Å²) in [5, 5.41) is 4.00. The van der Waals surface area contributed by atoms with E-state index in [0.717, 1.165) is 0 Å². The summed E-state index contributed by atoms with van der Waals surface area (Å²) in [6.07, 6.45) is 0.405. The average molecular weight is 406 g/mol. The molecule has 0 fully saturated rings. The Morgan fingerprint density at radius 3 is 1.67 bits per heavy atom. The molecule has 1 aromatic rings. The van der Waals surface area contributed by atoms with Crippen LogP contribution in [0.1, 0.15) is 40.5 Å². The predicted molar refractivity (Wildman–Crippen MR) is 77.0 cm³/mol. The fourth-order valence-corrected chi connectivity index (χ4v) is 1.55. The summed E-state index contributed by atoms with van der Waals surface area (Å²) in [6, 6.07) is 5.11. The van der Waals surface area contributed by atoms with Gasteiger partial charge in [-0.05, 0) is 31.2 Å². The number of carbonyl (C=O) groups is 5. The fourth-order valence-electron chi connectivity index (χ4n) is 1.55. The van der Waals surface area contributed by atoms with Gasteiger partial charge in [0.2, 0.25) is 5.91 Å². The van der Waals surface area contributed by atoms with E-state index in [1.54, 1.807) is 0 Å². The van der Waals surface area contributed by atoms with Crippen LogP contribution in [0.4, 0.5) is 0 Å². The third kappa shape index (κ3) is 7.47. The fraction of sp³-hybridized carbons (Fsp3) is 0.200. The van der Waals surface area contributed by atoms with Crippen molar-refractivity contribution in [2.24, 2.45) is 0 Å². The van der Waals surface area contributed by atoms with Gasteiger partial charge in [-0.3, -0.25) is 40.9 Å². The van der Waals surface area contributed by atoms with Crippen LogP contribution in [0.5, 0.6) is 0 Å². The summed E-state index contributed by atoms with van der Waals surface area (Å²) < 4.78 is 0. The van der Waals surface area contributed by atoms with Gasteiger partial charge in [-0.2, -0.15) is 0 Å². The molecule has 4 amide bonds. The van der Waals surface area contributed by atoms with Gasteiger partial charge in [-0.1, -0.05) is 6.42 Å². The van der Waals surface area contributed by atoms with Crippen LogP contribution >= 0.6 is 0 Å². The first-order valence-corrected chi connectivity index (χ1v) is 6.46. The summed E-state index contributed by atoms with van der Waals surface area (Å²) in [7, 11) is 0. The number of benzene rings is 1. The van der Waals surface area contributed by atoms with Crippen molar-refractivity contribution in [3.05, 3.63) is 35.4 Å². The number of nitrogens with one attached hydrogen (secondary N) is 2. The SMILES string of the molecule is CC(=O)CC(=O)NC(=O)c1ccc(C(=O)NC(=O)C[C-]=O)cc1.[Y+3]. The minimum Gasteiger partial charge on any atom is -0.541 e. The van der Waals surface area contributed by atoms with Crippen molar-refractivity contribution in [1.82, 2.24) is 10.6 Å². The number of hydrogen-bond donors (Lipinski definition) is 2. The molecule has 0 aromatic heterocycles. The molecule has 1 aromatic carbocycles. The summed E-state index contributed by atoms with van der Waals surface area (Å²) in [5.74, 6) is -3.33. The van der Waals surface area contributed by atoms with Crippen LogP contribution in [0.25, 0.3) is 0 Å². The Kier molecular flexibility index (Phi) is 9.75. The molecule has 0 bridgehead atoms. The van der Waals surface area contributed by atoms with E-state index in [9.17, 15) is 28.8 Å². The van der Waals surface area contributed by atoms with E-state index >= 15 is 0 Å². The van der Waals surface area contributed by atoms with Crippen molar-refractivity contribution in [2.45, 2.75) is 19.8 Å². The van der Waals surface area contributed by atoms with Crippen LogP contribution < -0.4 is 10.6 Å². The minimum absolute atomic E-state index is 0. The van der Waals surface area contributed by atoms with E-state index in [4.69, 9.17) is 0 Å². The van der Waals surface area contributed by atoms with Crippen molar-refractivity contribution in [1.29, 1.82) is 0 Å². The third-order valence-corrected chi connectivity index (χ3v) is 2.56. The maximum Gasteiger partial charge on any atom is 3.00 e. The normalized spacial score (nSPS) is 9.21. The Morgan fingerprint density at radius 1 is 0.875 bits per heavy atom. The Labute approximate surface area is 162 Å². The van der Waals surface area contributed by atoms with Gasteiger partial charge in [0.25, 0.3) is 11.8 Å².